The van der Waals surface area contributed by atoms with Crippen molar-refractivity contribution < 1.29 is 9.31 Å². The summed E-state index contributed by atoms with van der Waals surface area (Å²) in [5.41, 5.74) is 10.8. The zero-order valence-corrected chi connectivity index (χ0v) is 29.6. The Kier molecular flexibility index (Phi) is 9.94. The van der Waals surface area contributed by atoms with Crippen LogP contribution in [0.25, 0.3) is 11.1 Å². The topological polar surface area (TPSA) is 18.5 Å². The minimum atomic E-state index is -0.527. The van der Waals surface area contributed by atoms with E-state index in [4.69, 9.17) is 17.2 Å². The number of aryl methyl sites for hydroxylation is 2. The Balaban J connectivity index is 1.50. The summed E-state index contributed by atoms with van der Waals surface area (Å²) in [7, 11) is 6.16. The van der Waals surface area contributed by atoms with Gasteiger partial charge in [-0.3, -0.25) is 0 Å². The van der Waals surface area contributed by atoms with Crippen molar-refractivity contribution in [2.75, 3.05) is 0 Å². The van der Waals surface area contributed by atoms with Crippen molar-refractivity contribution in [3.05, 3.63) is 118 Å². The van der Waals surface area contributed by atoms with E-state index in [0.29, 0.717) is 0 Å². The van der Waals surface area contributed by atoms with E-state index in [1.807, 2.05) is 6.07 Å². The molecular formula is C43H52B2O2. The fraction of sp³-hybridized carbons (Fsp3) is 0.442. The Morgan fingerprint density at radius 2 is 1.02 bits per heavy atom. The molecule has 1 aliphatic heterocycles. The van der Waals surface area contributed by atoms with Crippen LogP contribution in [0.3, 0.4) is 0 Å². The van der Waals surface area contributed by atoms with Crippen LogP contribution < -0.4 is 10.9 Å². The van der Waals surface area contributed by atoms with Gasteiger partial charge in [0.2, 0.25) is 0 Å². The maximum Gasteiger partial charge on any atom is 0.494 e. The molecule has 0 saturated carbocycles. The molecule has 1 aliphatic carbocycles. The lowest BCUT2D eigenvalue weighted by Gasteiger charge is -2.34. The molecule has 6 rings (SSSR count). The lowest BCUT2D eigenvalue weighted by atomic mass is 9.65. The average Bonchev–Trinajstić information content (AvgIpc) is 3.47. The van der Waals surface area contributed by atoms with Gasteiger partial charge >= 0.3 is 7.12 Å². The Bertz CT molecular complexity index is 1600. The van der Waals surface area contributed by atoms with Crippen molar-refractivity contribution in [2.24, 2.45) is 0 Å². The number of rotatable bonds is 13. The molecule has 2 radical (unpaired) electrons. The van der Waals surface area contributed by atoms with E-state index >= 15 is 0 Å². The van der Waals surface area contributed by atoms with Crippen LogP contribution in [0, 0.1) is 0 Å². The van der Waals surface area contributed by atoms with E-state index in [2.05, 4.69) is 120 Å². The third-order valence-electron chi connectivity index (χ3n) is 11.1. The van der Waals surface area contributed by atoms with Crippen LogP contribution in [0.15, 0.2) is 84.9 Å². The average molecular weight is 623 g/mol. The minimum absolute atomic E-state index is 0.412. The Labute approximate surface area is 286 Å². The molecular weight excluding hydrogens is 570 g/mol. The summed E-state index contributed by atoms with van der Waals surface area (Å²) >= 11 is 0. The summed E-state index contributed by atoms with van der Waals surface area (Å²) in [5.74, 6) is 0. The zero-order chi connectivity index (χ0) is 33.2. The smallest absolute Gasteiger partial charge is 0.399 e. The first-order chi connectivity index (χ1) is 22.6. The predicted octanol–water partition coefficient (Wildman–Crippen LogP) is 9.39. The minimum Gasteiger partial charge on any atom is -0.399 e. The molecule has 0 amide bonds. The summed E-state index contributed by atoms with van der Waals surface area (Å²) < 4.78 is 13.2. The predicted molar refractivity (Wildman–Crippen MR) is 201 cm³/mol. The molecule has 47 heavy (non-hydrogen) atoms. The molecule has 1 fully saturated rings. The van der Waals surface area contributed by atoms with Gasteiger partial charge in [0.1, 0.15) is 7.85 Å². The summed E-state index contributed by atoms with van der Waals surface area (Å²) in [6.07, 6.45) is 12.4. The molecule has 0 atom stereocenters. The summed E-state index contributed by atoms with van der Waals surface area (Å²) in [4.78, 5) is 0. The quantitative estimate of drug-likeness (QED) is 0.0963. The van der Waals surface area contributed by atoms with Crippen molar-refractivity contribution in [1.82, 2.24) is 0 Å². The third kappa shape index (κ3) is 6.41. The third-order valence-corrected chi connectivity index (χ3v) is 11.1. The van der Waals surface area contributed by atoms with Crippen LogP contribution >= 0.6 is 0 Å². The van der Waals surface area contributed by atoms with E-state index in [-0.39, 0.29) is 0 Å². The van der Waals surface area contributed by atoms with Crippen LogP contribution in [0.4, 0.5) is 0 Å². The highest BCUT2D eigenvalue weighted by atomic mass is 16.7. The van der Waals surface area contributed by atoms with Gasteiger partial charge in [-0.2, -0.15) is 0 Å². The first-order valence-electron chi connectivity index (χ1n) is 18.2. The van der Waals surface area contributed by atoms with Crippen LogP contribution in [0.2, 0.25) is 0 Å². The van der Waals surface area contributed by atoms with Crippen LogP contribution in [-0.2, 0) is 27.6 Å². The van der Waals surface area contributed by atoms with Gasteiger partial charge in [0.05, 0.1) is 16.6 Å². The molecule has 2 aliphatic rings. The van der Waals surface area contributed by atoms with E-state index in [9.17, 15) is 0 Å². The molecule has 4 aromatic rings. The van der Waals surface area contributed by atoms with Gasteiger partial charge in [0.25, 0.3) is 0 Å². The number of fused-ring (bicyclic) bond motifs is 3. The number of unbranched alkanes of at least 4 members (excludes halogenated alkanes) is 6. The molecule has 1 heterocycles. The van der Waals surface area contributed by atoms with Gasteiger partial charge < -0.3 is 9.31 Å². The van der Waals surface area contributed by atoms with Crippen molar-refractivity contribution in [3.8, 4) is 11.1 Å². The van der Waals surface area contributed by atoms with Crippen LogP contribution in [-0.4, -0.2) is 26.2 Å². The highest BCUT2D eigenvalue weighted by Gasteiger charge is 2.53. The SMILES string of the molecule is [B]c1ccc2c(c1)C(c1ccc(CCCCCC)cc1)(c1ccc(CCCCCC)cc1)c1cc(B3OC(C)(C)C(C)(C)O3)ccc1-2. The molecule has 2 nitrogen and oxygen atoms in total. The first kappa shape index (κ1) is 33.8. The number of benzene rings is 4. The van der Waals surface area contributed by atoms with E-state index in [0.717, 1.165) is 23.8 Å². The second-order valence-corrected chi connectivity index (χ2v) is 15.0. The Morgan fingerprint density at radius 3 is 1.51 bits per heavy atom. The van der Waals surface area contributed by atoms with Crippen LogP contribution in [0.1, 0.15) is 126 Å². The highest BCUT2D eigenvalue weighted by Crippen LogP contribution is 2.56. The normalized spacial score (nSPS) is 17.1. The largest absolute Gasteiger partial charge is 0.494 e. The standard InChI is InChI=1S/C43H52B2O2/c1-7-9-11-13-15-31-17-21-33(22-18-31)43(34-23-19-32(20-24-34)16-14-12-10-8-2)39-29-35(44)25-27-37(39)38-28-26-36(30-40(38)43)45-46-41(3,4)42(5,6)47-45/h17-30H,7-16H2,1-6H3. The maximum absolute atomic E-state index is 6.60. The van der Waals surface area contributed by atoms with Crippen molar-refractivity contribution in [3.63, 3.8) is 0 Å². The summed E-state index contributed by atoms with van der Waals surface area (Å²) in [6, 6.07) is 32.2. The zero-order valence-electron chi connectivity index (χ0n) is 29.6. The van der Waals surface area contributed by atoms with Gasteiger partial charge in [0, 0.05) is 0 Å². The fourth-order valence-electron chi connectivity index (χ4n) is 7.63. The van der Waals surface area contributed by atoms with E-state index in [1.54, 1.807) is 0 Å². The van der Waals surface area contributed by atoms with Gasteiger partial charge in [-0.25, -0.2) is 0 Å². The second kappa shape index (κ2) is 13.8. The summed E-state index contributed by atoms with van der Waals surface area (Å²) in [6.45, 7) is 13.0. The van der Waals surface area contributed by atoms with E-state index in [1.165, 1.54) is 95.9 Å². The van der Waals surface area contributed by atoms with Crippen molar-refractivity contribution in [2.45, 2.75) is 122 Å². The highest BCUT2D eigenvalue weighted by molar-refractivity contribution is 6.62. The lowest BCUT2D eigenvalue weighted by molar-refractivity contribution is 0.00578. The van der Waals surface area contributed by atoms with E-state index < -0.39 is 23.7 Å². The van der Waals surface area contributed by atoms with Gasteiger partial charge in [0.15, 0.2) is 0 Å². The number of hydrogen-bond donors (Lipinski definition) is 0. The molecule has 242 valence electrons. The molecule has 0 N–H and O–H groups in total. The maximum atomic E-state index is 6.60. The summed E-state index contributed by atoms with van der Waals surface area (Å²) in [5, 5.41) is 0. The second-order valence-electron chi connectivity index (χ2n) is 15.0. The molecule has 0 bridgehead atoms. The molecule has 0 aromatic heterocycles. The van der Waals surface area contributed by atoms with Gasteiger partial charge in [-0.05, 0) is 103 Å². The molecule has 1 saturated heterocycles. The molecule has 4 aromatic carbocycles. The molecule has 0 unspecified atom stereocenters. The first-order valence-corrected chi connectivity index (χ1v) is 18.2. The Hall–Kier alpha value is -3.07. The monoisotopic (exact) mass is 622 g/mol. The lowest BCUT2D eigenvalue weighted by Crippen LogP contribution is -2.41. The Morgan fingerprint density at radius 1 is 0.553 bits per heavy atom. The molecule has 0 spiro atoms. The number of hydrogen-bond acceptors (Lipinski definition) is 2. The van der Waals surface area contributed by atoms with Crippen molar-refractivity contribution >= 4 is 25.9 Å². The fourth-order valence-corrected chi connectivity index (χ4v) is 7.63. The van der Waals surface area contributed by atoms with Gasteiger partial charge in [-0.1, -0.05) is 143 Å². The van der Waals surface area contributed by atoms with Crippen LogP contribution in [0.5, 0.6) is 0 Å². The van der Waals surface area contributed by atoms with Crippen molar-refractivity contribution in [1.29, 1.82) is 0 Å². The molecule has 4 heteroatoms. The van der Waals surface area contributed by atoms with Gasteiger partial charge in [-0.15, -0.1) is 0 Å².